The topological polar surface area (TPSA) is 114 Å². The van der Waals surface area contributed by atoms with Crippen LogP contribution in [-0.2, 0) is 40.6 Å². The first-order valence-electron chi connectivity index (χ1n) is 17.8. The number of benzene rings is 2. The minimum atomic E-state index is -3.38. The Morgan fingerprint density at radius 1 is 0.717 bits per heavy atom. The molecule has 1 N–H and O–H groups in total. The summed E-state index contributed by atoms with van der Waals surface area (Å²) in [5.41, 5.74) is -1.78. The van der Waals surface area contributed by atoms with Crippen molar-refractivity contribution < 1.29 is 39.8 Å². The van der Waals surface area contributed by atoms with Crippen molar-refractivity contribution in [3.05, 3.63) is 70.8 Å². The summed E-state index contributed by atoms with van der Waals surface area (Å²) in [4.78, 5) is 10.3. The average Bonchev–Trinajstić information content (AvgIpc) is 3.59. The molecule has 53 heavy (non-hydrogen) atoms. The molecule has 2 aromatic rings. The summed E-state index contributed by atoms with van der Waals surface area (Å²) in [6, 6.07) is 6.97. The van der Waals surface area contributed by atoms with E-state index in [-0.39, 0.29) is 33.4 Å². The third-order valence-electron chi connectivity index (χ3n) is 9.16. The van der Waals surface area contributed by atoms with Crippen LogP contribution >= 0.6 is 0 Å². The molecule has 2 aromatic carbocycles. The Hall–Kier alpha value is -2.61. The fourth-order valence-corrected chi connectivity index (χ4v) is 16.3. The van der Waals surface area contributed by atoms with E-state index < -0.39 is 76.2 Å². The molecule has 2 unspecified atom stereocenters. The van der Waals surface area contributed by atoms with Crippen LogP contribution in [-0.4, -0.2) is 70.0 Å². The van der Waals surface area contributed by atoms with Gasteiger partial charge in [-0.25, -0.2) is 30.8 Å². The number of oxime groups is 2. The number of quaternary nitrogens is 1. The van der Waals surface area contributed by atoms with Gasteiger partial charge in [0, 0.05) is 24.0 Å². The molecule has 0 saturated carbocycles. The molecule has 0 spiro atoms. The van der Waals surface area contributed by atoms with Gasteiger partial charge in [0.15, 0.2) is 18.3 Å². The maximum Gasteiger partial charge on any atom is 0.276 e. The van der Waals surface area contributed by atoms with E-state index >= 15 is 0 Å². The molecule has 17 heteroatoms. The lowest BCUT2D eigenvalue weighted by Crippen LogP contribution is -2.63. The summed E-state index contributed by atoms with van der Waals surface area (Å²) in [6.45, 7) is 31.2. The van der Waals surface area contributed by atoms with Crippen molar-refractivity contribution >= 4 is 46.0 Å². The minimum Gasteiger partial charge on any atom is -0.389 e. The summed E-state index contributed by atoms with van der Waals surface area (Å²) in [7, 11) is -9.57. The Morgan fingerprint density at radius 3 is 1.36 bits per heavy atom. The molecule has 2 heterocycles. The van der Waals surface area contributed by atoms with Crippen LogP contribution in [0.25, 0.3) is 0 Å². The first-order chi connectivity index (χ1) is 24.1. The number of nitrogens with one attached hydrogen (secondary N) is 1. The molecule has 2 aliphatic rings. The summed E-state index contributed by atoms with van der Waals surface area (Å²) in [5, 5.41) is 7.88. The largest absolute Gasteiger partial charge is 0.389 e. The van der Waals surface area contributed by atoms with Crippen LogP contribution in [0.5, 0.6) is 0 Å². The van der Waals surface area contributed by atoms with E-state index in [0.29, 0.717) is 6.42 Å². The quantitative estimate of drug-likeness (QED) is 0.200. The molecule has 9 nitrogen and oxygen atoms in total. The van der Waals surface area contributed by atoms with Gasteiger partial charge in [0.25, 0.3) is 8.24 Å². The van der Waals surface area contributed by atoms with Crippen LogP contribution in [0.15, 0.2) is 50.7 Å². The molecule has 0 fully saturated rings. The van der Waals surface area contributed by atoms with Crippen molar-refractivity contribution in [1.29, 1.82) is 4.78 Å². The molecule has 0 saturated heterocycles. The lowest BCUT2D eigenvalue weighted by molar-refractivity contribution is -0.828. The normalized spacial score (nSPS) is 18.7. The highest BCUT2D eigenvalue weighted by Crippen LogP contribution is 2.30. The van der Waals surface area contributed by atoms with Gasteiger partial charge >= 0.3 is 0 Å². The third kappa shape index (κ3) is 12.7. The second-order valence-corrected chi connectivity index (χ2v) is 31.1. The highest BCUT2D eigenvalue weighted by Gasteiger charge is 2.39. The van der Waals surface area contributed by atoms with E-state index in [2.05, 4.69) is 54.8 Å². The summed E-state index contributed by atoms with van der Waals surface area (Å²) in [6.07, 6.45) is 0.543. The van der Waals surface area contributed by atoms with Crippen molar-refractivity contribution in [2.24, 2.45) is 14.3 Å². The zero-order valence-corrected chi connectivity index (χ0v) is 37.3. The Kier molecular flexibility index (Phi) is 15.3. The van der Waals surface area contributed by atoms with Crippen molar-refractivity contribution in [2.45, 2.75) is 123 Å². The highest BCUT2D eigenvalue weighted by molar-refractivity contribution is 8.08. The minimum absolute atomic E-state index is 0.0418. The van der Waals surface area contributed by atoms with Gasteiger partial charge in [0.05, 0.1) is 50.6 Å². The molecule has 0 radical (unpaired) electrons. The molecule has 4 rings (SSSR count). The fourth-order valence-electron chi connectivity index (χ4n) is 6.08. The van der Waals surface area contributed by atoms with E-state index in [4.69, 9.17) is 14.5 Å². The first-order valence-corrected chi connectivity index (χ1v) is 28.1. The van der Waals surface area contributed by atoms with Gasteiger partial charge in [0.1, 0.15) is 34.5 Å². The lowest BCUT2D eigenvalue weighted by atomic mass is 10.1. The maximum absolute atomic E-state index is 14.0. The molecular weight excluding hydrogens is 763 g/mol. The van der Waals surface area contributed by atoms with Gasteiger partial charge in [-0.3, -0.25) is 4.03 Å². The van der Waals surface area contributed by atoms with Crippen LogP contribution in [0.4, 0.5) is 17.6 Å². The average molecular weight is 823 g/mol. The van der Waals surface area contributed by atoms with Crippen LogP contribution in [0, 0.1) is 28.0 Å². The molecule has 0 aliphatic carbocycles. The molecule has 2 atom stereocenters. The molecule has 0 bridgehead atoms. The lowest BCUT2D eigenvalue weighted by Gasteiger charge is -2.46. The summed E-state index contributed by atoms with van der Waals surface area (Å²) in [5.74, 6) is -3.92. The Bertz CT molecular complexity index is 1850. The van der Waals surface area contributed by atoms with Crippen LogP contribution in [0.1, 0.15) is 72.4 Å². The Morgan fingerprint density at radius 2 is 1.08 bits per heavy atom. The van der Waals surface area contributed by atoms with E-state index in [9.17, 15) is 26.0 Å². The van der Waals surface area contributed by atoms with E-state index in [1.165, 1.54) is 35.9 Å². The monoisotopic (exact) mass is 822 g/mol. The fraction of sp³-hybridized carbons (Fsp3) is 0.611. The SMILES string of the molecule is CC1(C)CC(S(=N)(=O)Cc2c(F)cccc2F)=NO1.CC1(C)CC(S(=O)(Cc2c(F)cccc2F)=N[Si](C)(C)C)=NO1.CC[N+](CC)(CC)[Si](C)(C)C. The predicted octanol–water partition coefficient (Wildman–Crippen LogP) is 10.0. The third-order valence-corrected chi connectivity index (χ3v) is 19.6. The zero-order chi connectivity index (χ0) is 40.8. The smallest absolute Gasteiger partial charge is 0.276 e. The van der Waals surface area contributed by atoms with Gasteiger partial charge in [-0.1, -0.05) is 22.4 Å². The molecule has 0 amide bonds. The number of nitrogens with zero attached hydrogens (tertiary/aromatic N) is 4. The molecular formula is C36H60F4N5O4S2Si2+. The molecule has 0 aromatic heterocycles. The standard InChI is InChI=1S/C15H22F2N2O2SSi.C12H14F2N2O2S.C9H24NSi/c1-15(2)9-14(18-21-15)22(20,19-23(3,4)5)10-11-12(16)7-6-8-13(11)17;1-12(2)6-11(16-18-12)19(15,17)7-8-9(13)4-3-5-10(8)14;1-7-10(8-2,9-3)11(4,5)6/h6-8H,9-10H2,1-5H3;3-5,15H,6-7H2,1-2H3;7-9H2,1-6H3/q;;+1. The molecule has 300 valence electrons. The predicted molar refractivity (Wildman–Crippen MR) is 215 cm³/mol. The van der Waals surface area contributed by atoms with E-state index in [1.54, 1.807) is 13.8 Å². The Balaban J connectivity index is 0.000000293. The Labute approximate surface area is 317 Å². The van der Waals surface area contributed by atoms with Gasteiger partial charge in [-0.05, 0) is 112 Å². The van der Waals surface area contributed by atoms with Crippen LogP contribution in [0.2, 0.25) is 39.3 Å². The van der Waals surface area contributed by atoms with Gasteiger partial charge in [-0.15, -0.1) is 0 Å². The number of hydrogen-bond donors (Lipinski definition) is 1. The molecule has 2 aliphatic heterocycles. The number of halogens is 4. The number of rotatable bonds is 9. The second-order valence-electron chi connectivity index (χ2n) is 16.6. The summed E-state index contributed by atoms with van der Waals surface area (Å²) < 4.78 is 94.4. The van der Waals surface area contributed by atoms with Crippen molar-refractivity contribution in [3.8, 4) is 0 Å². The zero-order valence-electron chi connectivity index (χ0n) is 33.7. The first kappa shape index (κ1) is 46.5. The van der Waals surface area contributed by atoms with Gasteiger partial charge in [-0.2, -0.15) is 0 Å². The summed E-state index contributed by atoms with van der Waals surface area (Å²) >= 11 is 0. The number of hydrogen-bond acceptors (Lipinski definition) is 8. The van der Waals surface area contributed by atoms with Crippen LogP contribution < -0.4 is 0 Å². The van der Waals surface area contributed by atoms with Crippen molar-refractivity contribution in [2.75, 3.05) is 19.6 Å². The van der Waals surface area contributed by atoms with E-state index in [1.807, 2.05) is 33.5 Å². The van der Waals surface area contributed by atoms with Crippen molar-refractivity contribution in [3.63, 3.8) is 0 Å². The van der Waals surface area contributed by atoms with Crippen molar-refractivity contribution in [1.82, 2.24) is 0 Å². The van der Waals surface area contributed by atoms with Crippen LogP contribution in [0.3, 0.4) is 0 Å². The van der Waals surface area contributed by atoms with Gasteiger partial charge in [0.2, 0.25) is 0 Å². The van der Waals surface area contributed by atoms with E-state index in [0.717, 1.165) is 24.3 Å². The maximum atomic E-state index is 14.0. The van der Waals surface area contributed by atoms with Gasteiger partial charge < -0.3 is 13.8 Å². The highest BCUT2D eigenvalue weighted by atomic mass is 32.2. The second kappa shape index (κ2) is 17.5.